The Morgan fingerprint density at radius 1 is 0.339 bits per heavy atom. The van der Waals surface area contributed by atoms with E-state index in [0.29, 0.717) is 0 Å². The number of hydrogen-bond donors (Lipinski definition) is 0. The van der Waals surface area contributed by atoms with Gasteiger partial charge in [0, 0.05) is 69.9 Å². The van der Waals surface area contributed by atoms with Gasteiger partial charge in [0.05, 0.1) is 22.1 Å². The van der Waals surface area contributed by atoms with Crippen molar-refractivity contribution >= 4 is 75.1 Å². The predicted molar refractivity (Wildman–Crippen MR) is 259 cm³/mol. The van der Waals surface area contributed by atoms with Crippen LogP contribution in [0.1, 0.15) is 0 Å². The first-order valence-corrected chi connectivity index (χ1v) is 21.7. The topological polar surface area (TPSA) is 40.6 Å². The van der Waals surface area contributed by atoms with Gasteiger partial charge >= 0.3 is 0 Å². The quantitative estimate of drug-likeness (QED) is 0.168. The molecular formula is C56H35N5S. The molecule has 0 radical (unpaired) electrons. The monoisotopic (exact) mass is 809 g/mol. The molecule has 0 aliphatic rings. The molecule has 5 nitrogen and oxygen atoms in total. The second-order valence-electron chi connectivity index (χ2n) is 15.8. The number of hydrogen-bond acceptors (Lipinski definition) is 3. The summed E-state index contributed by atoms with van der Waals surface area (Å²) in [5, 5.41) is 17.4. The van der Waals surface area contributed by atoms with Crippen LogP contribution in [0.5, 0.6) is 0 Å². The van der Waals surface area contributed by atoms with Crippen molar-refractivity contribution in [1.82, 2.24) is 23.9 Å². The molecule has 0 bridgehead atoms. The maximum atomic E-state index is 4.96. The number of fused-ring (bicyclic) bond motifs is 10. The molecule has 0 saturated carbocycles. The van der Waals surface area contributed by atoms with Crippen molar-refractivity contribution in [2.45, 2.75) is 0 Å². The van der Waals surface area contributed by atoms with Gasteiger partial charge < -0.3 is 9.13 Å². The van der Waals surface area contributed by atoms with Crippen molar-refractivity contribution in [3.05, 3.63) is 212 Å². The van der Waals surface area contributed by atoms with Gasteiger partial charge in [-0.05, 0) is 77.9 Å². The minimum Gasteiger partial charge on any atom is -0.309 e. The molecule has 4 heterocycles. The molecule has 0 aliphatic carbocycles. The summed E-state index contributed by atoms with van der Waals surface area (Å²) < 4.78 is 9.69. The number of aromatic nitrogens is 5. The molecule has 9 aromatic carbocycles. The lowest BCUT2D eigenvalue weighted by atomic mass is 10.0. The summed E-state index contributed by atoms with van der Waals surface area (Å²) in [6, 6.07) is 76.2. The summed E-state index contributed by atoms with van der Waals surface area (Å²) >= 11 is 1.89. The lowest BCUT2D eigenvalue weighted by molar-refractivity contribution is 1.07. The average Bonchev–Trinajstić information content (AvgIpc) is 4.12. The van der Waals surface area contributed by atoms with Gasteiger partial charge in [0.1, 0.15) is 0 Å². The molecule has 0 unspecified atom stereocenters. The van der Waals surface area contributed by atoms with Crippen LogP contribution in [0.2, 0.25) is 0 Å². The Bertz CT molecular complexity index is 3870. The normalized spacial score (nSPS) is 11.9. The smallest absolute Gasteiger partial charge is 0.171 e. The third-order valence-corrected chi connectivity index (χ3v) is 13.6. The van der Waals surface area contributed by atoms with Crippen LogP contribution in [-0.4, -0.2) is 23.9 Å². The second kappa shape index (κ2) is 13.7. The van der Waals surface area contributed by atoms with Crippen molar-refractivity contribution in [2.75, 3.05) is 0 Å². The van der Waals surface area contributed by atoms with E-state index in [9.17, 15) is 0 Å². The summed E-state index contributed by atoms with van der Waals surface area (Å²) in [5.41, 5.74) is 12.1. The Hall–Kier alpha value is -8.06. The van der Waals surface area contributed by atoms with Crippen LogP contribution >= 0.6 is 11.3 Å². The van der Waals surface area contributed by atoms with Crippen molar-refractivity contribution in [2.24, 2.45) is 0 Å². The SMILES string of the molecule is c1ccc(-c2nnc(-c3cccc4c5ccccc5n(-c5cccc(-c6cccc(-n7c8ccccc8c8c9sc%10ccccc%10c9ccc87)c6)c5)c34)n2-c2ccccc2)cc1. The van der Waals surface area contributed by atoms with Gasteiger partial charge in [-0.3, -0.25) is 4.57 Å². The van der Waals surface area contributed by atoms with E-state index in [1.54, 1.807) is 0 Å². The first-order valence-electron chi connectivity index (χ1n) is 20.9. The van der Waals surface area contributed by atoms with E-state index < -0.39 is 0 Å². The van der Waals surface area contributed by atoms with Crippen molar-refractivity contribution in [3.8, 4) is 51.0 Å². The Morgan fingerprint density at radius 3 is 1.68 bits per heavy atom. The fraction of sp³-hybridized carbons (Fsp3) is 0. The molecule has 290 valence electrons. The van der Waals surface area contributed by atoms with Gasteiger partial charge in [0.2, 0.25) is 0 Å². The molecule has 13 rings (SSSR count). The number of nitrogens with zero attached hydrogens (tertiary/aromatic N) is 5. The van der Waals surface area contributed by atoms with Crippen LogP contribution in [-0.2, 0) is 0 Å². The Balaban J connectivity index is 0.998. The fourth-order valence-corrected chi connectivity index (χ4v) is 10.9. The minimum absolute atomic E-state index is 0.785. The number of thiophene rings is 1. The first-order chi connectivity index (χ1) is 30.8. The van der Waals surface area contributed by atoms with Gasteiger partial charge in [-0.1, -0.05) is 146 Å². The Kier molecular flexibility index (Phi) is 7.71. The van der Waals surface area contributed by atoms with E-state index in [-0.39, 0.29) is 0 Å². The maximum absolute atomic E-state index is 4.96. The van der Waals surface area contributed by atoms with E-state index in [2.05, 4.69) is 202 Å². The third kappa shape index (κ3) is 5.20. The number of para-hydroxylation sites is 4. The summed E-state index contributed by atoms with van der Waals surface area (Å²) in [7, 11) is 0. The van der Waals surface area contributed by atoms with Gasteiger partial charge in [-0.2, -0.15) is 0 Å². The molecule has 62 heavy (non-hydrogen) atoms. The van der Waals surface area contributed by atoms with E-state index in [0.717, 1.165) is 67.4 Å². The van der Waals surface area contributed by atoms with E-state index >= 15 is 0 Å². The van der Waals surface area contributed by atoms with E-state index in [1.165, 1.54) is 47.4 Å². The second-order valence-corrected chi connectivity index (χ2v) is 16.9. The fourth-order valence-electron chi connectivity index (χ4n) is 9.68. The molecule has 0 atom stereocenters. The highest BCUT2D eigenvalue weighted by Crippen LogP contribution is 2.44. The molecule has 0 aliphatic heterocycles. The summed E-state index contributed by atoms with van der Waals surface area (Å²) in [6.45, 7) is 0. The summed E-state index contributed by atoms with van der Waals surface area (Å²) in [6.07, 6.45) is 0. The van der Waals surface area contributed by atoms with Gasteiger partial charge in [-0.25, -0.2) is 0 Å². The largest absolute Gasteiger partial charge is 0.309 e. The molecule has 0 spiro atoms. The Morgan fingerprint density at radius 2 is 0.903 bits per heavy atom. The molecule has 4 aromatic heterocycles. The van der Waals surface area contributed by atoms with E-state index in [4.69, 9.17) is 10.2 Å². The number of benzene rings is 9. The predicted octanol–water partition coefficient (Wildman–Crippen LogP) is 14.8. The average molecular weight is 810 g/mol. The molecule has 6 heteroatoms. The molecule has 0 amide bonds. The van der Waals surface area contributed by atoms with Crippen molar-refractivity contribution in [1.29, 1.82) is 0 Å². The van der Waals surface area contributed by atoms with Crippen molar-refractivity contribution < 1.29 is 0 Å². The molecular weight excluding hydrogens is 775 g/mol. The summed E-state index contributed by atoms with van der Waals surface area (Å²) in [5.74, 6) is 1.58. The maximum Gasteiger partial charge on any atom is 0.171 e. The van der Waals surface area contributed by atoms with E-state index in [1.807, 2.05) is 35.6 Å². The van der Waals surface area contributed by atoms with Gasteiger partial charge in [0.25, 0.3) is 0 Å². The van der Waals surface area contributed by atoms with Crippen LogP contribution in [0.4, 0.5) is 0 Å². The van der Waals surface area contributed by atoms with Gasteiger partial charge in [-0.15, -0.1) is 21.5 Å². The Labute approximate surface area is 360 Å². The standard InChI is InChI=1S/C56H35N5S/c1-3-16-36(17-4-1)55-57-58-56(61(55)39-20-5-2-6-21-39)47-28-15-27-44-42-24-7-10-29-48(42)60(53(44)47)41-23-14-19-38(35-41)37-18-13-22-40(34-37)59-49-30-11-8-26-46(49)52-50(59)33-32-45-43-25-9-12-31-51(43)62-54(45)52/h1-35H. The summed E-state index contributed by atoms with van der Waals surface area (Å²) in [4.78, 5) is 0. The highest BCUT2D eigenvalue weighted by Gasteiger charge is 2.23. The van der Waals surface area contributed by atoms with Crippen LogP contribution in [0.25, 0.3) is 115 Å². The minimum atomic E-state index is 0.785. The van der Waals surface area contributed by atoms with Crippen molar-refractivity contribution in [3.63, 3.8) is 0 Å². The van der Waals surface area contributed by atoms with Crippen LogP contribution in [0.3, 0.4) is 0 Å². The molecule has 0 fully saturated rings. The highest BCUT2D eigenvalue weighted by atomic mass is 32.1. The van der Waals surface area contributed by atoms with Crippen LogP contribution in [0.15, 0.2) is 212 Å². The van der Waals surface area contributed by atoms with Crippen LogP contribution < -0.4 is 0 Å². The molecule has 13 aromatic rings. The number of rotatable bonds is 6. The zero-order valence-electron chi connectivity index (χ0n) is 33.4. The third-order valence-electron chi connectivity index (χ3n) is 12.4. The first kappa shape index (κ1) is 34.8. The lowest BCUT2D eigenvalue weighted by Crippen LogP contribution is -2.02. The molecule has 0 saturated heterocycles. The molecule has 0 N–H and O–H groups in total. The lowest BCUT2D eigenvalue weighted by Gasteiger charge is -2.15. The van der Waals surface area contributed by atoms with Crippen LogP contribution in [0, 0.1) is 0 Å². The zero-order chi connectivity index (χ0) is 40.7. The van der Waals surface area contributed by atoms with Gasteiger partial charge in [0.15, 0.2) is 11.6 Å². The highest BCUT2D eigenvalue weighted by molar-refractivity contribution is 7.26. The zero-order valence-corrected chi connectivity index (χ0v) is 34.2.